The minimum absolute atomic E-state index is 0.686. The normalized spacial score (nSPS) is 12.3. The first kappa shape index (κ1) is 21.9. The molecule has 0 aliphatic carbocycles. The topological polar surface area (TPSA) is 21.7 Å². The molecule has 0 unspecified atom stereocenters. The number of likely N-dealkylation sites (N-methyl/N-ethyl adjacent to an activating group) is 2. The smallest absolute Gasteiger partial charge is 0.418 e. The summed E-state index contributed by atoms with van der Waals surface area (Å²) in [5.74, 6) is 0. The van der Waals surface area contributed by atoms with E-state index < -0.39 is 7.25 Å². The Labute approximate surface area is 119 Å². The highest BCUT2D eigenvalue weighted by Crippen LogP contribution is 2.06. The molecule has 0 radical (unpaired) electrons. The second kappa shape index (κ2) is 11.3. The molecule has 0 amide bonds. The lowest BCUT2D eigenvalue weighted by Gasteiger charge is -2.30. The average molecular weight is 306 g/mol. The van der Waals surface area contributed by atoms with Gasteiger partial charge in [0, 0.05) is 13.7 Å². The van der Waals surface area contributed by atoms with E-state index in [9.17, 15) is 17.3 Å². The van der Waals surface area contributed by atoms with Gasteiger partial charge in [-0.25, -0.2) is 0 Å². The Bertz CT molecular complexity index is 223. The van der Waals surface area contributed by atoms with Crippen molar-refractivity contribution in [3.63, 3.8) is 0 Å². The molecule has 0 heterocycles. The van der Waals surface area contributed by atoms with E-state index in [1.54, 1.807) is 7.11 Å². The van der Waals surface area contributed by atoms with Crippen molar-refractivity contribution in [2.45, 2.75) is 0 Å². The molecular weight excluding hydrogens is 279 g/mol. The number of quaternary nitrogens is 1. The molecule has 0 aromatic carbocycles. The fourth-order valence-corrected chi connectivity index (χ4v) is 1.14. The lowest BCUT2D eigenvalue weighted by atomic mass is 10.3. The highest BCUT2D eigenvalue weighted by molar-refractivity contribution is 6.50. The quantitative estimate of drug-likeness (QED) is 0.279. The van der Waals surface area contributed by atoms with Crippen molar-refractivity contribution in [1.82, 2.24) is 4.90 Å². The molecule has 0 saturated heterocycles. The van der Waals surface area contributed by atoms with E-state index >= 15 is 0 Å². The van der Waals surface area contributed by atoms with Crippen LogP contribution in [-0.4, -0.2) is 91.4 Å². The zero-order valence-electron chi connectivity index (χ0n) is 13.0. The lowest BCUT2D eigenvalue weighted by Crippen LogP contribution is -2.46. The van der Waals surface area contributed by atoms with Crippen molar-refractivity contribution in [3.8, 4) is 0 Å². The zero-order valence-corrected chi connectivity index (χ0v) is 13.0. The molecule has 0 fully saturated rings. The summed E-state index contributed by atoms with van der Waals surface area (Å²) in [5.41, 5.74) is 0. The van der Waals surface area contributed by atoms with E-state index in [0.29, 0.717) is 13.2 Å². The molecule has 0 saturated carbocycles. The molecule has 0 aliphatic rings. The molecule has 4 nitrogen and oxygen atoms in total. The van der Waals surface area contributed by atoms with E-state index in [-0.39, 0.29) is 0 Å². The van der Waals surface area contributed by atoms with E-state index in [0.717, 1.165) is 30.7 Å². The molecule has 0 N–H and O–H groups in total. The van der Waals surface area contributed by atoms with Crippen molar-refractivity contribution >= 4 is 7.25 Å². The molecule has 0 aromatic heterocycles. The Morgan fingerprint density at radius 2 is 1.45 bits per heavy atom. The summed E-state index contributed by atoms with van der Waals surface area (Å²) in [6.45, 7) is 5.52. The van der Waals surface area contributed by atoms with Crippen LogP contribution in [0.2, 0.25) is 0 Å². The zero-order chi connectivity index (χ0) is 16.2. The number of nitrogens with zero attached hydrogens (tertiary/aromatic N) is 2. The van der Waals surface area contributed by atoms with Gasteiger partial charge in [-0.15, -0.1) is 0 Å². The predicted octanol–water partition coefficient (Wildman–Crippen LogP) is 1.59. The van der Waals surface area contributed by atoms with Gasteiger partial charge < -0.3 is 36.1 Å². The highest BCUT2D eigenvalue weighted by atomic mass is 19.5. The predicted molar refractivity (Wildman–Crippen MR) is 73.3 cm³/mol. The van der Waals surface area contributed by atoms with Crippen molar-refractivity contribution < 1.29 is 31.2 Å². The fourth-order valence-electron chi connectivity index (χ4n) is 1.14. The van der Waals surface area contributed by atoms with Gasteiger partial charge in [0.15, 0.2) is 0 Å². The van der Waals surface area contributed by atoms with Gasteiger partial charge >= 0.3 is 7.25 Å². The van der Waals surface area contributed by atoms with Crippen LogP contribution in [0, 0.1) is 0 Å². The van der Waals surface area contributed by atoms with Crippen LogP contribution in [-0.2, 0) is 9.47 Å². The summed E-state index contributed by atoms with van der Waals surface area (Å²) >= 11 is 0. The van der Waals surface area contributed by atoms with Crippen LogP contribution in [0.1, 0.15) is 0 Å². The van der Waals surface area contributed by atoms with Crippen LogP contribution in [0.4, 0.5) is 17.3 Å². The van der Waals surface area contributed by atoms with Gasteiger partial charge in [-0.1, -0.05) is 0 Å². The van der Waals surface area contributed by atoms with Gasteiger partial charge in [-0.3, -0.25) is 0 Å². The third kappa shape index (κ3) is 26.2. The molecule has 0 aromatic rings. The van der Waals surface area contributed by atoms with Crippen molar-refractivity contribution in [1.29, 1.82) is 0 Å². The fraction of sp³-hybridized carbons (Fsp3) is 1.00. The minimum atomic E-state index is -6.00. The van der Waals surface area contributed by atoms with Crippen molar-refractivity contribution in [2.24, 2.45) is 0 Å². The van der Waals surface area contributed by atoms with Crippen molar-refractivity contribution in [3.05, 3.63) is 0 Å². The maximum absolute atomic E-state index is 9.75. The van der Waals surface area contributed by atoms with Crippen LogP contribution in [0.15, 0.2) is 0 Å². The minimum Gasteiger partial charge on any atom is -0.418 e. The molecule has 0 aliphatic heterocycles. The monoisotopic (exact) mass is 306 g/mol. The maximum Gasteiger partial charge on any atom is 0.673 e. The van der Waals surface area contributed by atoms with Gasteiger partial charge in [0.2, 0.25) is 0 Å². The van der Waals surface area contributed by atoms with Gasteiger partial charge in [-0.05, 0) is 14.1 Å². The van der Waals surface area contributed by atoms with Crippen LogP contribution in [0.3, 0.4) is 0 Å². The first-order valence-electron chi connectivity index (χ1n) is 6.38. The van der Waals surface area contributed by atoms with E-state index in [1.807, 2.05) is 0 Å². The summed E-state index contributed by atoms with van der Waals surface area (Å²) in [6, 6.07) is 0. The van der Waals surface area contributed by atoms with Gasteiger partial charge in [0.05, 0.1) is 40.5 Å². The SMILES string of the molecule is COCCOCC[N+](C)(C)CCN(C)C.F[B-](F)(F)F. The van der Waals surface area contributed by atoms with E-state index in [1.165, 1.54) is 0 Å². The molecular formula is C11H27BF4N2O2. The number of rotatable bonds is 9. The third-order valence-corrected chi connectivity index (χ3v) is 2.43. The molecule has 20 heavy (non-hydrogen) atoms. The van der Waals surface area contributed by atoms with Crippen LogP contribution in [0.25, 0.3) is 0 Å². The Kier molecular flexibility index (Phi) is 12.4. The third-order valence-electron chi connectivity index (χ3n) is 2.43. The molecule has 9 heteroatoms. The Balaban J connectivity index is 0. The first-order chi connectivity index (χ1) is 8.98. The van der Waals surface area contributed by atoms with Gasteiger partial charge in [0.25, 0.3) is 0 Å². The van der Waals surface area contributed by atoms with Gasteiger partial charge in [0.1, 0.15) is 6.54 Å². The maximum atomic E-state index is 9.75. The number of halogens is 4. The molecule has 0 bridgehead atoms. The lowest BCUT2D eigenvalue weighted by molar-refractivity contribution is -0.890. The number of hydrogen-bond acceptors (Lipinski definition) is 3. The van der Waals surface area contributed by atoms with Crippen LogP contribution < -0.4 is 0 Å². The summed E-state index contributed by atoms with van der Waals surface area (Å²) < 4.78 is 50.4. The Morgan fingerprint density at radius 1 is 0.950 bits per heavy atom. The number of hydrogen-bond donors (Lipinski definition) is 0. The Hall–Kier alpha value is -0.375. The van der Waals surface area contributed by atoms with Crippen molar-refractivity contribution in [2.75, 3.05) is 74.8 Å². The second-order valence-electron chi connectivity index (χ2n) is 5.29. The molecule has 124 valence electrons. The van der Waals surface area contributed by atoms with Crippen LogP contribution in [0.5, 0.6) is 0 Å². The average Bonchev–Trinajstić information content (AvgIpc) is 2.24. The largest absolute Gasteiger partial charge is 0.673 e. The van der Waals surface area contributed by atoms with Crippen LogP contribution >= 0.6 is 0 Å². The first-order valence-corrected chi connectivity index (χ1v) is 6.38. The molecule has 0 atom stereocenters. The summed E-state index contributed by atoms with van der Waals surface area (Å²) in [4.78, 5) is 2.21. The molecule has 0 spiro atoms. The summed E-state index contributed by atoms with van der Waals surface area (Å²) in [6.07, 6.45) is 0. The summed E-state index contributed by atoms with van der Waals surface area (Å²) in [7, 11) is 4.39. The number of methoxy groups -OCH3 is 1. The second-order valence-corrected chi connectivity index (χ2v) is 5.29. The highest BCUT2D eigenvalue weighted by Gasteiger charge is 2.20. The summed E-state index contributed by atoms with van der Waals surface area (Å²) in [5, 5.41) is 0. The van der Waals surface area contributed by atoms with E-state index in [2.05, 4.69) is 33.1 Å². The standard InChI is InChI=1S/C11H27N2O2.BF4/c1-12(2)6-7-13(3,4)8-9-15-11-10-14-5;2-1(3,4)5/h6-11H2,1-5H3;/q+1;-1. The molecule has 0 rings (SSSR count). The Morgan fingerprint density at radius 3 is 1.85 bits per heavy atom. The van der Waals surface area contributed by atoms with E-state index in [4.69, 9.17) is 9.47 Å². The van der Waals surface area contributed by atoms with Gasteiger partial charge in [-0.2, -0.15) is 0 Å². The number of ether oxygens (including phenoxy) is 2.